The summed E-state index contributed by atoms with van der Waals surface area (Å²) in [6.45, 7) is 0. The van der Waals surface area contributed by atoms with Gasteiger partial charge in [0.05, 0.1) is 0 Å². The molecule has 0 radical (unpaired) electrons. The maximum atomic E-state index is 11.3. The molecule has 2 aromatic rings. The van der Waals surface area contributed by atoms with Gasteiger partial charge in [0.2, 0.25) is 0 Å². The Hall–Kier alpha value is -1.33. The van der Waals surface area contributed by atoms with Crippen molar-refractivity contribution < 1.29 is 0 Å². The first-order chi connectivity index (χ1) is 7.69. The van der Waals surface area contributed by atoms with E-state index in [1.165, 1.54) is 11.8 Å². The van der Waals surface area contributed by atoms with Gasteiger partial charge in [0.1, 0.15) is 5.82 Å². The van der Waals surface area contributed by atoms with Crippen LogP contribution in [0.4, 0.5) is 0 Å². The number of thioether (sulfide) groups is 1. The van der Waals surface area contributed by atoms with E-state index in [9.17, 15) is 4.79 Å². The molecule has 1 N–H and O–H groups in total. The summed E-state index contributed by atoms with van der Waals surface area (Å²) >= 11 is 7.11. The molecular formula is C10H8ClN3OS. The first kappa shape index (κ1) is 11.2. The lowest BCUT2D eigenvalue weighted by Gasteiger charge is -2.01. The summed E-state index contributed by atoms with van der Waals surface area (Å²) in [5.41, 5.74) is 0.406. The van der Waals surface area contributed by atoms with Crippen molar-refractivity contribution in [1.82, 2.24) is 15.0 Å². The summed E-state index contributed by atoms with van der Waals surface area (Å²) in [5, 5.41) is 1.10. The molecule has 0 saturated carbocycles. The highest BCUT2D eigenvalue weighted by atomic mass is 35.5. The van der Waals surface area contributed by atoms with E-state index in [1.54, 1.807) is 24.3 Å². The third-order valence-corrected chi connectivity index (χ3v) is 2.73. The van der Waals surface area contributed by atoms with Crippen molar-refractivity contribution in [3.63, 3.8) is 0 Å². The van der Waals surface area contributed by atoms with Gasteiger partial charge in [-0.15, -0.1) is 0 Å². The first-order valence-corrected chi connectivity index (χ1v) is 6.07. The summed E-state index contributed by atoms with van der Waals surface area (Å²) in [6, 6.07) is 7.08. The molecule has 0 aliphatic heterocycles. The van der Waals surface area contributed by atoms with Gasteiger partial charge in [-0.3, -0.25) is 4.98 Å². The average molecular weight is 254 g/mol. The molecule has 2 rings (SSSR count). The lowest BCUT2D eigenvalue weighted by Crippen LogP contribution is -2.13. The fraction of sp³-hybridized carbons (Fsp3) is 0.100. The molecule has 0 amide bonds. The van der Waals surface area contributed by atoms with Crippen molar-refractivity contribution in [2.75, 3.05) is 6.26 Å². The third kappa shape index (κ3) is 2.43. The number of H-pyrrole nitrogens is 1. The molecule has 1 aromatic carbocycles. The maximum Gasteiger partial charge on any atom is 0.349 e. The number of aromatic amines is 1. The lowest BCUT2D eigenvalue weighted by molar-refractivity contribution is 0.872. The quantitative estimate of drug-likeness (QED) is 0.834. The SMILES string of the molecule is CSc1nc(-c2ccc(Cl)cc2)[nH]c(=O)n1. The molecule has 16 heavy (non-hydrogen) atoms. The Balaban J connectivity index is 2.51. The van der Waals surface area contributed by atoms with E-state index in [1.807, 2.05) is 6.26 Å². The summed E-state index contributed by atoms with van der Waals surface area (Å²) < 4.78 is 0. The molecule has 0 unspecified atom stereocenters. The van der Waals surface area contributed by atoms with Crippen LogP contribution in [0.15, 0.2) is 34.2 Å². The van der Waals surface area contributed by atoms with Crippen LogP contribution in [-0.4, -0.2) is 21.2 Å². The minimum atomic E-state index is -0.399. The van der Waals surface area contributed by atoms with Gasteiger partial charge in [0, 0.05) is 10.6 Å². The van der Waals surface area contributed by atoms with E-state index in [2.05, 4.69) is 15.0 Å². The number of aromatic nitrogens is 3. The molecule has 4 nitrogen and oxygen atoms in total. The zero-order valence-corrected chi connectivity index (χ0v) is 9.97. The zero-order valence-electron chi connectivity index (χ0n) is 8.40. The standard InChI is InChI=1S/C10H8ClN3OS/c1-16-10-13-8(12-9(15)14-10)6-2-4-7(11)5-3-6/h2-5H,1H3,(H,12,13,14,15). The summed E-state index contributed by atoms with van der Waals surface area (Å²) in [5.74, 6) is 0.501. The van der Waals surface area contributed by atoms with Gasteiger partial charge in [0.15, 0.2) is 5.16 Å². The second-order valence-electron chi connectivity index (χ2n) is 3.00. The van der Waals surface area contributed by atoms with Crippen LogP contribution in [0.25, 0.3) is 11.4 Å². The maximum absolute atomic E-state index is 11.3. The van der Waals surface area contributed by atoms with E-state index in [0.717, 1.165) is 5.56 Å². The highest BCUT2D eigenvalue weighted by molar-refractivity contribution is 7.98. The second kappa shape index (κ2) is 4.67. The van der Waals surface area contributed by atoms with Crippen molar-refractivity contribution in [3.8, 4) is 11.4 Å². The predicted octanol–water partition coefficient (Wildman–Crippen LogP) is 2.21. The van der Waals surface area contributed by atoms with Crippen molar-refractivity contribution in [3.05, 3.63) is 39.8 Å². The van der Waals surface area contributed by atoms with Gasteiger partial charge >= 0.3 is 5.69 Å². The molecule has 0 spiro atoms. The highest BCUT2D eigenvalue weighted by Gasteiger charge is 2.04. The average Bonchev–Trinajstić information content (AvgIpc) is 2.29. The molecule has 0 aliphatic carbocycles. The molecule has 0 atom stereocenters. The Morgan fingerprint density at radius 3 is 2.56 bits per heavy atom. The second-order valence-corrected chi connectivity index (χ2v) is 4.21. The van der Waals surface area contributed by atoms with Gasteiger partial charge in [-0.1, -0.05) is 23.4 Å². The van der Waals surface area contributed by atoms with Gasteiger partial charge in [-0.2, -0.15) is 4.98 Å². The number of nitrogens with one attached hydrogen (secondary N) is 1. The lowest BCUT2D eigenvalue weighted by atomic mass is 10.2. The Kier molecular flexibility index (Phi) is 3.26. The van der Waals surface area contributed by atoms with Crippen LogP contribution in [0.3, 0.4) is 0 Å². The van der Waals surface area contributed by atoms with Gasteiger partial charge < -0.3 is 0 Å². The first-order valence-electron chi connectivity index (χ1n) is 4.47. The molecule has 0 fully saturated rings. The smallest absolute Gasteiger partial charge is 0.290 e. The van der Waals surface area contributed by atoms with Gasteiger partial charge in [-0.25, -0.2) is 9.78 Å². The van der Waals surface area contributed by atoms with Crippen LogP contribution in [0, 0.1) is 0 Å². The molecular weight excluding hydrogens is 246 g/mol. The Morgan fingerprint density at radius 1 is 1.25 bits per heavy atom. The van der Waals surface area contributed by atoms with E-state index >= 15 is 0 Å². The molecule has 6 heteroatoms. The molecule has 1 aromatic heterocycles. The van der Waals surface area contributed by atoms with Crippen molar-refractivity contribution in [2.24, 2.45) is 0 Å². The number of hydrogen-bond acceptors (Lipinski definition) is 4. The largest absolute Gasteiger partial charge is 0.349 e. The van der Waals surface area contributed by atoms with Crippen molar-refractivity contribution in [1.29, 1.82) is 0 Å². The Bertz CT molecular complexity index is 553. The Labute approximate surface area is 101 Å². The number of rotatable bonds is 2. The van der Waals surface area contributed by atoms with Crippen molar-refractivity contribution >= 4 is 23.4 Å². The van der Waals surface area contributed by atoms with E-state index in [-0.39, 0.29) is 0 Å². The summed E-state index contributed by atoms with van der Waals surface area (Å²) in [6.07, 6.45) is 1.82. The zero-order chi connectivity index (χ0) is 11.5. The van der Waals surface area contributed by atoms with Gasteiger partial charge in [-0.05, 0) is 30.5 Å². The van der Waals surface area contributed by atoms with Crippen LogP contribution < -0.4 is 5.69 Å². The Morgan fingerprint density at radius 2 is 1.94 bits per heavy atom. The van der Waals surface area contributed by atoms with Crippen LogP contribution in [0.2, 0.25) is 5.02 Å². The summed E-state index contributed by atoms with van der Waals surface area (Å²) in [4.78, 5) is 21.8. The topological polar surface area (TPSA) is 58.6 Å². The van der Waals surface area contributed by atoms with Crippen LogP contribution in [0.1, 0.15) is 0 Å². The van der Waals surface area contributed by atoms with E-state index < -0.39 is 5.69 Å². The number of benzene rings is 1. The van der Waals surface area contributed by atoms with Crippen molar-refractivity contribution in [2.45, 2.75) is 5.16 Å². The van der Waals surface area contributed by atoms with Crippen LogP contribution in [0.5, 0.6) is 0 Å². The number of nitrogens with zero attached hydrogens (tertiary/aromatic N) is 2. The normalized spacial score (nSPS) is 10.4. The fourth-order valence-corrected chi connectivity index (χ4v) is 1.68. The minimum Gasteiger partial charge on any atom is -0.290 e. The van der Waals surface area contributed by atoms with E-state index in [4.69, 9.17) is 11.6 Å². The number of halogens is 1. The van der Waals surface area contributed by atoms with Crippen LogP contribution >= 0.6 is 23.4 Å². The van der Waals surface area contributed by atoms with Crippen LogP contribution in [-0.2, 0) is 0 Å². The molecule has 0 bridgehead atoms. The molecule has 0 aliphatic rings. The fourth-order valence-electron chi connectivity index (χ4n) is 1.20. The number of hydrogen-bond donors (Lipinski definition) is 1. The van der Waals surface area contributed by atoms with Gasteiger partial charge in [0.25, 0.3) is 0 Å². The third-order valence-electron chi connectivity index (χ3n) is 1.93. The molecule has 1 heterocycles. The predicted molar refractivity (Wildman–Crippen MR) is 64.9 cm³/mol. The molecule has 82 valence electrons. The highest BCUT2D eigenvalue weighted by Crippen LogP contribution is 2.18. The summed E-state index contributed by atoms with van der Waals surface area (Å²) in [7, 11) is 0. The minimum absolute atomic E-state index is 0.399. The van der Waals surface area contributed by atoms with E-state index in [0.29, 0.717) is 16.0 Å². The monoisotopic (exact) mass is 253 g/mol. The molecule has 0 saturated heterocycles.